The predicted molar refractivity (Wildman–Crippen MR) is 146 cm³/mol. The molecule has 0 atom stereocenters. The minimum absolute atomic E-state index is 0.0958. The molecule has 2 N–H and O–H groups in total. The third-order valence-electron chi connectivity index (χ3n) is 6.19. The molecular weight excluding hydrogens is 444 g/mol. The third kappa shape index (κ3) is 6.81. The van der Waals surface area contributed by atoms with E-state index in [0.29, 0.717) is 17.2 Å². The number of methoxy groups -OCH3 is 1. The number of hydrogen-bond donors (Lipinski definition) is 2. The van der Waals surface area contributed by atoms with Gasteiger partial charge in [-0.2, -0.15) is 0 Å². The minimum atomic E-state index is -0.0958. The van der Waals surface area contributed by atoms with Crippen LogP contribution >= 0.6 is 12.2 Å². The van der Waals surface area contributed by atoms with Crippen LogP contribution in [0.1, 0.15) is 38.3 Å². The van der Waals surface area contributed by atoms with Gasteiger partial charge in [0.25, 0.3) is 5.56 Å². The molecule has 0 saturated carbocycles. The Kier molecular flexibility index (Phi) is 9.48. The monoisotopic (exact) mass is 480 g/mol. The molecular formula is C27H36N4O2S. The smallest absolute Gasteiger partial charge is 0.253 e. The van der Waals surface area contributed by atoms with Gasteiger partial charge in [-0.05, 0) is 86.7 Å². The van der Waals surface area contributed by atoms with E-state index in [-0.39, 0.29) is 5.56 Å². The topological polar surface area (TPSA) is 60.6 Å². The summed E-state index contributed by atoms with van der Waals surface area (Å²) in [5.41, 5.74) is 3.61. The first-order valence-corrected chi connectivity index (χ1v) is 12.4. The lowest BCUT2D eigenvalue weighted by atomic mass is 10.1. The Labute approximate surface area is 207 Å². The lowest BCUT2D eigenvalue weighted by Crippen LogP contribution is -2.38. The maximum absolute atomic E-state index is 12.9. The molecule has 2 aromatic carbocycles. The highest BCUT2D eigenvalue weighted by atomic mass is 32.1. The molecule has 34 heavy (non-hydrogen) atoms. The number of aromatic amines is 1. The standard InChI is InChI=1S/C27H36N4O2S/c1-5-20-9-11-23(12-10-20)28-27(34)31(16-8-15-30(6-2)7-3)19-22-17-21-18-24(33-4)13-14-25(21)29-26(22)32/h9-14,17-18H,5-8,15-16,19H2,1-4H3,(H,28,34)(H,29,32). The molecule has 3 aromatic rings. The first kappa shape index (κ1) is 25.7. The summed E-state index contributed by atoms with van der Waals surface area (Å²) in [7, 11) is 1.64. The number of nitrogens with zero attached hydrogens (tertiary/aromatic N) is 2. The number of aryl methyl sites for hydroxylation is 1. The van der Waals surface area contributed by atoms with Crippen molar-refractivity contribution >= 4 is 33.9 Å². The lowest BCUT2D eigenvalue weighted by molar-refractivity contribution is 0.281. The first-order valence-electron chi connectivity index (χ1n) is 12.0. The summed E-state index contributed by atoms with van der Waals surface area (Å²) in [6.07, 6.45) is 1.95. The molecule has 0 bridgehead atoms. The molecule has 0 aliphatic carbocycles. The average molecular weight is 481 g/mol. The fraction of sp³-hybridized carbons (Fsp3) is 0.407. The highest BCUT2D eigenvalue weighted by Gasteiger charge is 2.15. The van der Waals surface area contributed by atoms with Crippen LogP contribution in [0.4, 0.5) is 5.69 Å². The van der Waals surface area contributed by atoms with Gasteiger partial charge in [-0.1, -0.05) is 32.9 Å². The number of rotatable bonds is 11. The van der Waals surface area contributed by atoms with Gasteiger partial charge < -0.3 is 24.8 Å². The van der Waals surface area contributed by atoms with E-state index in [0.717, 1.165) is 61.4 Å². The van der Waals surface area contributed by atoms with Gasteiger partial charge in [0.1, 0.15) is 5.75 Å². The molecule has 0 aliphatic heterocycles. The number of aromatic nitrogens is 1. The van der Waals surface area contributed by atoms with Gasteiger partial charge in [-0.15, -0.1) is 0 Å². The van der Waals surface area contributed by atoms with Crippen molar-refractivity contribution in [1.29, 1.82) is 0 Å². The summed E-state index contributed by atoms with van der Waals surface area (Å²) in [4.78, 5) is 20.3. The quantitative estimate of drug-likeness (QED) is 0.376. The van der Waals surface area contributed by atoms with Crippen molar-refractivity contribution in [2.75, 3.05) is 38.6 Å². The Morgan fingerprint density at radius 3 is 2.41 bits per heavy atom. The van der Waals surface area contributed by atoms with Crippen LogP contribution in [0.25, 0.3) is 10.9 Å². The molecule has 0 fully saturated rings. The largest absolute Gasteiger partial charge is 0.497 e. The van der Waals surface area contributed by atoms with E-state index in [4.69, 9.17) is 17.0 Å². The molecule has 3 rings (SSSR count). The fourth-order valence-electron chi connectivity index (χ4n) is 3.98. The molecule has 0 unspecified atom stereocenters. The molecule has 0 radical (unpaired) electrons. The summed E-state index contributed by atoms with van der Waals surface area (Å²) in [6.45, 7) is 10.7. The Bertz CT molecular complexity index is 1140. The number of pyridine rings is 1. The van der Waals surface area contributed by atoms with Crippen molar-refractivity contribution in [2.24, 2.45) is 0 Å². The second-order valence-electron chi connectivity index (χ2n) is 8.36. The Morgan fingerprint density at radius 1 is 1.03 bits per heavy atom. The van der Waals surface area contributed by atoms with Gasteiger partial charge in [0.15, 0.2) is 5.11 Å². The van der Waals surface area contributed by atoms with E-state index in [1.165, 1.54) is 5.56 Å². The Hall–Kier alpha value is -2.90. The summed E-state index contributed by atoms with van der Waals surface area (Å²) in [5, 5.41) is 4.92. The highest BCUT2D eigenvalue weighted by molar-refractivity contribution is 7.80. The zero-order chi connectivity index (χ0) is 24.5. The van der Waals surface area contributed by atoms with E-state index in [1.807, 2.05) is 36.4 Å². The fourth-order valence-corrected chi connectivity index (χ4v) is 4.26. The van der Waals surface area contributed by atoms with Crippen LogP contribution in [0, 0.1) is 0 Å². The molecule has 0 aliphatic rings. The molecule has 0 saturated heterocycles. The maximum atomic E-state index is 12.9. The van der Waals surface area contributed by atoms with Crippen molar-refractivity contribution in [1.82, 2.24) is 14.8 Å². The molecule has 0 amide bonds. The number of H-pyrrole nitrogens is 1. The number of hydrogen-bond acceptors (Lipinski definition) is 4. The number of nitrogens with one attached hydrogen (secondary N) is 2. The third-order valence-corrected chi connectivity index (χ3v) is 6.55. The van der Waals surface area contributed by atoms with E-state index < -0.39 is 0 Å². The van der Waals surface area contributed by atoms with Gasteiger partial charge >= 0.3 is 0 Å². The number of fused-ring (bicyclic) bond motifs is 1. The molecule has 182 valence electrons. The Morgan fingerprint density at radius 2 is 1.76 bits per heavy atom. The van der Waals surface area contributed by atoms with Crippen LogP contribution in [0.5, 0.6) is 5.75 Å². The summed E-state index contributed by atoms with van der Waals surface area (Å²) in [5.74, 6) is 0.759. The molecule has 0 spiro atoms. The van der Waals surface area contributed by atoms with Gasteiger partial charge in [-0.3, -0.25) is 4.79 Å². The number of thiocarbonyl (C=S) groups is 1. The van der Waals surface area contributed by atoms with Crippen LogP contribution in [0.2, 0.25) is 0 Å². The van der Waals surface area contributed by atoms with Crippen LogP contribution in [0.15, 0.2) is 53.3 Å². The van der Waals surface area contributed by atoms with Crippen LogP contribution < -0.4 is 15.6 Å². The minimum Gasteiger partial charge on any atom is -0.497 e. The van der Waals surface area contributed by atoms with Gasteiger partial charge in [0.05, 0.1) is 13.7 Å². The zero-order valence-electron chi connectivity index (χ0n) is 20.7. The van der Waals surface area contributed by atoms with Gasteiger partial charge in [0, 0.05) is 28.7 Å². The normalized spacial score (nSPS) is 11.1. The number of benzene rings is 2. The number of anilines is 1. The zero-order valence-corrected chi connectivity index (χ0v) is 21.5. The van der Waals surface area contributed by atoms with E-state index in [2.05, 4.69) is 53.0 Å². The highest BCUT2D eigenvalue weighted by Crippen LogP contribution is 2.20. The summed E-state index contributed by atoms with van der Waals surface area (Å²) in [6, 6.07) is 15.9. The van der Waals surface area contributed by atoms with Crippen LogP contribution in [-0.4, -0.2) is 53.2 Å². The first-order chi connectivity index (χ1) is 16.5. The van der Waals surface area contributed by atoms with Crippen molar-refractivity contribution in [2.45, 2.75) is 40.2 Å². The molecule has 1 aromatic heterocycles. The molecule has 7 heteroatoms. The maximum Gasteiger partial charge on any atom is 0.253 e. The van der Waals surface area contributed by atoms with Crippen molar-refractivity contribution in [3.8, 4) is 5.75 Å². The van der Waals surface area contributed by atoms with Crippen molar-refractivity contribution in [3.63, 3.8) is 0 Å². The van der Waals surface area contributed by atoms with E-state index in [9.17, 15) is 4.79 Å². The Balaban J connectivity index is 1.82. The van der Waals surface area contributed by atoms with Gasteiger partial charge in [-0.25, -0.2) is 0 Å². The average Bonchev–Trinajstić information content (AvgIpc) is 2.86. The van der Waals surface area contributed by atoms with Crippen LogP contribution in [-0.2, 0) is 13.0 Å². The van der Waals surface area contributed by atoms with E-state index >= 15 is 0 Å². The lowest BCUT2D eigenvalue weighted by Gasteiger charge is -2.27. The van der Waals surface area contributed by atoms with Crippen molar-refractivity contribution < 1.29 is 4.74 Å². The molecule has 1 heterocycles. The number of ether oxygens (including phenoxy) is 1. The molecule has 6 nitrogen and oxygen atoms in total. The summed E-state index contributed by atoms with van der Waals surface area (Å²) >= 11 is 5.80. The SMILES string of the molecule is CCc1ccc(NC(=S)N(CCCN(CC)CC)Cc2cc3cc(OC)ccc3[nH]c2=O)cc1. The second kappa shape index (κ2) is 12.5. The van der Waals surface area contributed by atoms with Gasteiger partial charge in [0.2, 0.25) is 0 Å². The predicted octanol–water partition coefficient (Wildman–Crippen LogP) is 5.03. The van der Waals surface area contributed by atoms with E-state index in [1.54, 1.807) is 7.11 Å². The summed E-state index contributed by atoms with van der Waals surface area (Å²) < 4.78 is 5.35. The second-order valence-corrected chi connectivity index (χ2v) is 8.75. The van der Waals surface area contributed by atoms with Crippen molar-refractivity contribution in [3.05, 3.63) is 70.0 Å². The van der Waals surface area contributed by atoms with Crippen LogP contribution in [0.3, 0.4) is 0 Å².